The number of ether oxygens (including phenoxy) is 1. The Morgan fingerprint density at radius 1 is 0.595 bits per heavy atom. The fraction of sp³-hybridized carbons (Fsp3) is 0.875. The van der Waals surface area contributed by atoms with E-state index in [4.69, 9.17) is 9.16 Å². The molecule has 0 aliphatic rings. The largest absolute Gasteiger partial charge is 0.519 e. The monoisotopic (exact) mass is 538 g/mol. The molecule has 37 heavy (non-hydrogen) atoms. The van der Waals surface area contributed by atoms with Gasteiger partial charge in [-0.05, 0) is 31.0 Å². The topological polar surface area (TPSA) is 52.6 Å². The minimum Gasteiger partial charge on any atom is -0.519 e. The Labute approximate surface area is 231 Å². The van der Waals surface area contributed by atoms with Gasteiger partial charge in [0.25, 0.3) is 14.3 Å². The summed E-state index contributed by atoms with van der Waals surface area (Å²) in [5, 5.41) is 0. The number of hydrogen-bond acceptors (Lipinski definition) is 4. The Morgan fingerprint density at radius 3 is 1.41 bits per heavy atom. The maximum Gasteiger partial charge on any atom is 0.330 e. The molecule has 0 radical (unpaired) electrons. The Balaban J connectivity index is 5.01. The molecule has 0 aromatic carbocycles. The number of carbonyl (C=O) groups excluding carboxylic acids is 2. The van der Waals surface area contributed by atoms with Crippen LogP contribution in [0.2, 0.25) is 18.1 Å². The molecule has 0 aromatic rings. The van der Waals surface area contributed by atoms with Crippen molar-refractivity contribution in [3.63, 3.8) is 0 Å². The summed E-state index contributed by atoms with van der Waals surface area (Å²) in [6, 6.07) is 3.43. The molecule has 0 saturated carbocycles. The Bertz CT molecular complexity index is 508. The lowest BCUT2D eigenvalue weighted by Gasteiger charge is -2.32. The summed E-state index contributed by atoms with van der Waals surface area (Å²) in [6.45, 7) is 10.6. The van der Waals surface area contributed by atoms with Crippen LogP contribution in [0.1, 0.15) is 156 Å². The van der Waals surface area contributed by atoms with Crippen molar-refractivity contribution in [2.24, 2.45) is 0 Å². The Morgan fingerprint density at radius 2 is 1.00 bits per heavy atom. The van der Waals surface area contributed by atoms with Gasteiger partial charge >= 0.3 is 5.97 Å². The minimum absolute atomic E-state index is 0.00957. The normalized spacial score (nSPS) is 11.4. The molecule has 218 valence electrons. The van der Waals surface area contributed by atoms with Crippen LogP contribution in [-0.2, 0) is 18.8 Å². The quantitative estimate of drug-likeness (QED) is 0.0430. The molecule has 0 atom stereocenters. The van der Waals surface area contributed by atoms with E-state index in [1.165, 1.54) is 122 Å². The van der Waals surface area contributed by atoms with E-state index in [1.807, 2.05) is 0 Å². The van der Waals surface area contributed by atoms with Gasteiger partial charge in [0.1, 0.15) is 0 Å². The van der Waals surface area contributed by atoms with E-state index < -0.39 is 14.3 Å². The third-order valence-corrected chi connectivity index (χ3v) is 11.9. The zero-order valence-corrected chi connectivity index (χ0v) is 26.1. The average Bonchev–Trinajstić information content (AvgIpc) is 2.89. The summed E-state index contributed by atoms with van der Waals surface area (Å²) in [5.41, 5.74) is 0. The predicted molar refractivity (Wildman–Crippen MR) is 161 cm³/mol. The molecule has 0 aliphatic heterocycles. The van der Waals surface area contributed by atoms with Crippen molar-refractivity contribution >= 4 is 20.3 Å². The SMILES string of the molecule is C=CC(=O)OCCCCC(=O)O[Si](CCCCCCCC)(CCCCCCCC)CCCCCCCC. The lowest BCUT2D eigenvalue weighted by molar-refractivity contribution is -0.137. The van der Waals surface area contributed by atoms with Gasteiger partial charge in [-0.25, -0.2) is 4.79 Å². The summed E-state index contributed by atoms with van der Waals surface area (Å²) < 4.78 is 11.6. The maximum absolute atomic E-state index is 13.0. The van der Waals surface area contributed by atoms with E-state index in [2.05, 4.69) is 27.4 Å². The highest BCUT2D eigenvalue weighted by Gasteiger charge is 2.37. The highest BCUT2D eigenvalue weighted by Crippen LogP contribution is 2.32. The summed E-state index contributed by atoms with van der Waals surface area (Å²) in [5.74, 6) is -0.407. The van der Waals surface area contributed by atoms with E-state index in [1.54, 1.807) is 0 Å². The molecule has 0 amide bonds. The van der Waals surface area contributed by atoms with Crippen LogP contribution in [0.3, 0.4) is 0 Å². The highest BCUT2D eigenvalue weighted by atomic mass is 28.4. The lowest BCUT2D eigenvalue weighted by Crippen LogP contribution is -2.40. The number of carbonyl (C=O) groups is 2. The third kappa shape index (κ3) is 22.6. The van der Waals surface area contributed by atoms with Crippen LogP contribution >= 0.6 is 0 Å². The molecule has 0 saturated heterocycles. The number of unbranched alkanes of at least 4 members (excludes halogenated alkanes) is 16. The standard InChI is InChI=1S/C32H62O4Si/c1-5-9-12-15-18-23-28-37(29-24-19-16-13-10-6-2,30-25-20-17-14-11-7-3)36-32(34)26-21-22-27-35-31(33)8-4/h8H,4-7,9-30H2,1-3H3. The van der Waals surface area contributed by atoms with Gasteiger partial charge in [-0.1, -0.05) is 143 Å². The van der Waals surface area contributed by atoms with Crippen LogP contribution in [-0.4, -0.2) is 26.9 Å². The molecule has 0 N–H and O–H groups in total. The van der Waals surface area contributed by atoms with E-state index in [0.29, 0.717) is 25.9 Å². The van der Waals surface area contributed by atoms with E-state index in [9.17, 15) is 9.59 Å². The zero-order chi connectivity index (χ0) is 27.5. The first kappa shape index (κ1) is 35.9. The van der Waals surface area contributed by atoms with Crippen molar-refractivity contribution in [3.8, 4) is 0 Å². The van der Waals surface area contributed by atoms with Crippen molar-refractivity contribution in [3.05, 3.63) is 12.7 Å². The first-order valence-corrected chi connectivity index (χ1v) is 18.6. The third-order valence-electron chi connectivity index (χ3n) is 7.47. The van der Waals surface area contributed by atoms with Gasteiger partial charge in [-0.2, -0.15) is 0 Å². The van der Waals surface area contributed by atoms with Gasteiger partial charge in [-0.3, -0.25) is 4.79 Å². The molecule has 0 rings (SSSR count). The van der Waals surface area contributed by atoms with Gasteiger partial charge in [0.05, 0.1) is 6.61 Å². The van der Waals surface area contributed by atoms with Crippen LogP contribution in [0, 0.1) is 0 Å². The van der Waals surface area contributed by atoms with Crippen LogP contribution in [0.4, 0.5) is 0 Å². The van der Waals surface area contributed by atoms with Gasteiger partial charge in [-0.15, -0.1) is 0 Å². The molecule has 0 aromatic heterocycles. The number of hydrogen-bond donors (Lipinski definition) is 0. The van der Waals surface area contributed by atoms with Crippen molar-refractivity contribution in [2.75, 3.05) is 6.61 Å². The van der Waals surface area contributed by atoms with E-state index in [-0.39, 0.29) is 5.97 Å². The molecule has 0 heterocycles. The number of rotatable bonds is 28. The number of esters is 1. The van der Waals surface area contributed by atoms with Crippen molar-refractivity contribution in [2.45, 2.75) is 174 Å². The Kier molecular flexibility index (Phi) is 25.7. The smallest absolute Gasteiger partial charge is 0.330 e. The van der Waals surface area contributed by atoms with Crippen LogP contribution in [0.25, 0.3) is 0 Å². The molecule has 0 unspecified atom stereocenters. The van der Waals surface area contributed by atoms with Crippen molar-refractivity contribution < 1.29 is 18.8 Å². The van der Waals surface area contributed by atoms with Gasteiger partial charge in [0.15, 0.2) is 0 Å². The molecule has 0 aliphatic carbocycles. The lowest BCUT2D eigenvalue weighted by atomic mass is 10.1. The average molecular weight is 539 g/mol. The van der Waals surface area contributed by atoms with E-state index in [0.717, 1.165) is 18.1 Å². The molecule has 5 heteroatoms. The van der Waals surface area contributed by atoms with Crippen LogP contribution in [0.5, 0.6) is 0 Å². The predicted octanol–water partition coefficient (Wildman–Crippen LogP) is 10.5. The second-order valence-electron chi connectivity index (χ2n) is 11.0. The van der Waals surface area contributed by atoms with Crippen molar-refractivity contribution in [1.82, 2.24) is 0 Å². The second-order valence-corrected chi connectivity index (χ2v) is 15.1. The summed E-state index contributed by atoms with van der Waals surface area (Å²) >= 11 is 0. The molecule has 0 bridgehead atoms. The minimum atomic E-state index is -2.10. The summed E-state index contributed by atoms with van der Waals surface area (Å²) in [6.07, 6.45) is 26.2. The van der Waals surface area contributed by atoms with Gasteiger partial charge in [0, 0.05) is 12.5 Å². The van der Waals surface area contributed by atoms with Crippen LogP contribution in [0.15, 0.2) is 12.7 Å². The highest BCUT2D eigenvalue weighted by molar-refractivity contribution is 6.75. The molecular formula is C32H62O4Si. The molecule has 4 nitrogen and oxygen atoms in total. The second kappa shape index (κ2) is 26.5. The molecular weight excluding hydrogens is 476 g/mol. The zero-order valence-electron chi connectivity index (χ0n) is 25.1. The summed E-state index contributed by atoms with van der Waals surface area (Å²) in [7, 11) is -2.10. The Hall–Kier alpha value is -1.10. The fourth-order valence-corrected chi connectivity index (χ4v) is 9.43. The fourth-order valence-electron chi connectivity index (χ4n) is 5.11. The molecule has 0 spiro atoms. The van der Waals surface area contributed by atoms with E-state index >= 15 is 0 Å². The van der Waals surface area contributed by atoms with Gasteiger partial charge < -0.3 is 9.16 Å². The molecule has 0 fully saturated rings. The van der Waals surface area contributed by atoms with Gasteiger partial charge in [0.2, 0.25) is 0 Å². The summed E-state index contributed by atoms with van der Waals surface area (Å²) in [4.78, 5) is 24.2. The first-order chi connectivity index (χ1) is 18.0. The maximum atomic E-state index is 13.0. The first-order valence-electron chi connectivity index (χ1n) is 16.0. The van der Waals surface area contributed by atoms with Crippen LogP contribution < -0.4 is 0 Å². The van der Waals surface area contributed by atoms with Crippen molar-refractivity contribution in [1.29, 1.82) is 0 Å².